The number of esters is 3. The van der Waals surface area contributed by atoms with Crippen LogP contribution in [0.4, 0.5) is 0 Å². The van der Waals surface area contributed by atoms with Gasteiger partial charge in [0, 0.05) is 0 Å². The van der Waals surface area contributed by atoms with Crippen LogP contribution in [0.1, 0.15) is 33.1 Å². The van der Waals surface area contributed by atoms with E-state index in [1.54, 1.807) is 0 Å². The third kappa shape index (κ3) is 5.10. The van der Waals surface area contributed by atoms with Gasteiger partial charge in [-0.25, -0.2) is 4.79 Å². The van der Waals surface area contributed by atoms with Gasteiger partial charge in [-0.15, -0.1) is 0 Å². The van der Waals surface area contributed by atoms with Gasteiger partial charge in [-0.05, 0) is 13.3 Å². The summed E-state index contributed by atoms with van der Waals surface area (Å²) in [5, 5.41) is 10.4. The number of methoxy groups -OCH3 is 2. The third-order valence-electron chi connectivity index (χ3n) is 3.03. The monoisotopic (exact) mass is 318 g/mol. The Labute approximate surface area is 128 Å². The number of unbranched alkanes of at least 4 members (excludes halogenated alkanes) is 1. The van der Waals surface area contributed by atoms with Crippen LogP contribution < -0.4 is 0 Å². The molecule has 126 valence electrons. The quantitative estimate of drug-likeness (QED) is 0.273. The average Bonchev–Trinajstić information content (AvgIpc) is 2.45. The first-order valence-corrected chi connectivity index (χ1v) is 6.79. The fourth-order valence-electron chi connectivity index (χ4n) is 1.89. The Morgan fingerprint density at radius 3 is 2.14 bits per heavy atom. The van der Waals surface area contributed by atoms with Crippen LogP contribution in [0.3, 0.4) is 0 Å². The van der Waals surface area contributed by atoms with E-state index in [9.17, 15) is 24.3 Å². The van der Waals surface area contributed by atoms with Crippen LogP contribution in [0.15, 0.2) is 0 Å². The number of aliphatic hydroxyl groups is 1. The summed E-state index contributed by atoms with van der Waals surface area (Å²) in [6.07, 6.45) is 0.505. The number of rotatable bonds is 9. The van der Waals surface area contributed by atoms with E-state index in [1.807, 2.05) is 6.92 Å². The Bertz CT molecular complexity index is 431. The fraction of sp³-hybridized carbons (Fsp3) is 0.714. The molecule has 8 nitrogen and oxygen atoms in total. The second-order valence-corrected chi connectivity index (χ2v) is 4.73. The number of Topliss-reactive ketones (excluding diaryl/α,β-unsaturated/α-hetero) is 1. The molecule has 2 atom stereocenters. The van der Waals surface area contributed by atoms with Gasteiger partial charge < -0.3 is 19.3 Å². The molecule has 0 amide bonds. The van der Waals surface area contributed by atoms with Gasteiger partial charge in [0.05, 0.1) is 27.2 Å². The van der Waals surface area contributed by atoms with Gasteiger partial charge >= 0.3 is 17.9 Å². The molecule has 0 saturated carbocycles. The Balaban J connectivity index is 5.37. The molecule has 0 heterocycles. The molecule has 0 saturated heterocycles. The highest BCUT2D eigenvalue weighted by Crippen LogP contribution is 2.26. The lowest BCUT2D eigenvalue weighted by Crippen LogP contribution is -2.54. The van der Waals surface area contributed by atoms with Crippen molar-refractivity contribution in [2.24, 2.45) is 5.92 Å². The number of hydrogen-bond acceptors (Lipinski definition) is 8. The van der Waals surface area contributed by atoms with Crippen molar-refractivity contribution in [2.75, 3.05) is 20.8 Å². The lowest BCUT2D eigenvalue weighted by molar-refractivity contribution is -0.184. The average molecular weight is 318 g/mol. The van der Waals surface area contributed by atoms with Crippen molar-refractivity contribution >= 4 is 23.7 Å². The first-order valence-electron chi connectivity index (χ1n) is 6.79. The van der Waals surface area contributed by atoms with E-state index in [0.29, 0.717) is 6.42 Å². The fourth-order valence-corrected chi connectivity index (χ4v) is 1.89. The molecule has 0 aliphatic heterocycles. The number of ether oxygens (including phenoxy) is 3. The number of hydrogen-bond donors (Lipinski definition) is 1. The molecule has 0 aromatic heterocycles. The molecule has 0 rings (SSSR count). The van der Waals surface area contributed by atoms with E-state index in [2.05, 4.69) is 9.47 Å². The molecule has 0 bridgehead atoms. The highest BCUT2D eigenvalue weighted by Gasteiger charge is 2.54. The zero-order valence-corrected chi connectivity index (χ0v) is 13.2. The maximum atomic E-state index is 11.8. The lowest BCUT2D eigenvalue weighted by Gasteiger charge is -2.29. The van der Waals surface area contributed by atoms with Gasteiger partial charge in [-0.2, -0.15) is 0 Å². The van der Waals surface area contributed by atoms with Gasteiger partial charge in [-0.3, -0.25) is 14.4 Å². The smallest absolute Gasteiger partial charge is 0.339 e. The standard InChI is InChI=1S/C14H22O8/c1-5-6-7-22-10(16)8-14(19,13(18)21-4)11(9(2)15)12(17)20-3/h11,19H,5-8H2,1-4H3. The summed E-state index contributed by atoms with van der Waals surface area (Å²) in [6.45, 7) is 3.00. The number of carbonyl (C=O) groups excluding carboxylic acids is 4. The van der Waals surface area contributed by atoms with Crippen LogP contribution >= 0.6 is 0 Å². The molecular formula is C14H22O8. The lowest BCUT2D eigenvalue weighted by atomic mass is 9.82. The zero-order valence-electron chi connectivity index (χ0n) is 13.2. The summed E-state index contributed by atoms with van der Waals surface area (Å²) >= 11 is 0. The van der Waals surface area contributed by atoms with Gasteiger partial charge in [0.25, 0.3) is 0 Å². The van der Waals surface area contributed by atoms with Crippen LogP contribution in [0.5, 0.6) is 0 Å². The van der Waals surface area contributed by atoms with Crippen LogP contribution in [-0.2, 0) is 33.4 Å². The minimum Gasteiger partial charge on any atom is -0.468 e. The molecular weight excluding hydrogens is 296 g/mol. The minimum absolute atomic E-state index is 0.107. The van der Waals surface area contributed by atoms with E-state index in [4.69, 9.17) is 4.74 Å². The molecule has 0 fully saturated rings. The maximum absolute atomic E-state index is 11.8. The maximum Gasteiger partial charge on any atom is 0.339 e. The Hall–Kier alpha value is -1.96. The summed E-state index contributed by atoms with van der Waals surface area (Å²) in [5.74, 6) is -6.05. The van der Waals surface area contributed by atoms with Gasteiger partial charge in [-0.1, -0.05) is 13.3 Å². The summed E-state index contributed by atoms with van der Waals surface area (Å²) in [4.78, 5) is 46.9. The van der Waals surface area contributed by atoms with Gasteiger partial charge in [0.2, 0.25) is 0 Å². The Morgan fingerprint density at radius 1 is 1.14 bits per heavy atom. The molecule has 0 aromatic carbocycles. The summed E-state index contributed by atoms with van der Waals surface area (Å²) < 4.78 is 13.7. The predicted octanol–water partition coefficient (Wildman–Crippen LogP) is 0.00210. The summed E-state index contributed by atoms with van der Waals surface area (Å²) in [6, 6.07) is 0. The van der Waals surface area contributed by atoms with Crippen LogP contribution in [0, 0.1) is 5.92 Å². The molecule has 0 spiro atoms. The van der Waals surface area contributed by atoms with Crippen LogP contribution in [-0.4, -0.2) is 55.2 Å². The predicted molar refractivity (Wildman–Crippen MR) is 73.6 cm³/mol. The molecule has 8 heteroatoms. The Morgan fingerprint density at radius 2 is 1.73 bits per heavy atom. The van der Waals surface area contributed by atoms with Crippen molar-refractivity contribution < 1.29 is 38.5 Å². The highest BCUT2D eigenvalue weighted by atomic mass is 16.6. The molecule has 0 aliphatic rings. The van der Waals surface area contributed by atoms with Gasteiger partial charge in [0.1, 0.15) is 5.78 Å². The molecule has 2 unspecified atom stereocenters. The van der Waals surface area contributed by atoms with Gasteiger partial charge in [0.15, 0.2) is 11.5 Å². The summed E-state index contributed by atoms with van der Waals surface area (Å²) in [7, 11) is 1.96. The van der Waals surface area contributed by atoms with E-state index >= 15 is 0 Å². The van der Waals surface area contributed by atoms with E-state index in [-0.39, 0.29) is 6.61 Å². The van der Waals surface area contributed by atoms with Crippen molar-refractivity contribution in [1.29, 1.82) is 0 Å². The summed E-state index contributed by atoms with van der Waals surface area (Å²) in [5.41, 5.74) is -2.67. The first kappa shape index (κ1) is 20.0. The normalized spacial score (nSPS) is 14.4. The van der Waals surface area contributed by atoms with Crippen LogP contribution in [0.25, 0.3) is 0 Å². The second-order valence-electron chi connectivity index (χ2n) is 4.73. The zero-order chi connectivity index (χ0) is 17.3. The second kappa shape index (κ2) is 9.14. The first-order chi connectivity index (χ1) is 10.2. The van der Waals surface area contributed by atoms with Crippen LogP contribution in [0.2, 0.25) is 0 Å². The van der Waals surface area contributed by atoms with Crippen molar-refractivity contribution in [2.45, 2.75) is 38.7 Å². The molecule has 0 radical (unpaired) electrons. The third-order valence-corrected chi connectivity index (χ3v) is 3.03. The van der Waals surface area contributed by atoms with E-state index in [0.717, 1.165) is 27.6 Å². The molecule has 0 aliphatic carbocycles. The van der Waals surface area contributed by atoms with E-state index in [1.165, 1.54) is 0 Å². The van der Waals surface area contributed by atoms with E-state index < -0.39 is 41.6 Å². The highest BCUT2D eigenvalue weighted by molar-refractivity contribution is 6.05. The van der Waals surface area contributed by atoms with Crippen molar-refractivity contribution in [3.63, 3.8) is 0 Å². The SMILES string of the molecule is CCCCOC(=O)CC(O)(C(=O)OC)C(C(C)=O)C(=O)OC. The van der Waals surface area contributed by atoms with Crippen molar-refractivity contribution in [1.82, 2.24) is 0 Å². The van der Waals surface area contributed by atoms with Crippen molar-refractivity contribution in [3.8, 4) is 0 Å². The number of carbonyl (C=O) groups is 4. The molecule has 22 heavy (non-hydrogen) atoms. The number of ketones is 1. The molecule has 1 N–H and O–H groups in total. The largest absolute Gasteiger partial charge is 0.468 e. The topological polar surface area (TPSA) is 116 Å². The molecule has 0 aromatic rings. The van der Waals surface area contributed by atoms with Crippen molar-refractivity contribution in [3.05, 3.63) is 0 Å². The minimum atomic E-state index is -2.67. The Kier molecular flexibility index (Phi) is 8.32.